The van der Waals surface area contributed by atoms with Crippen molar-refractivity contribution in [3.05, 3.63) is 368 Å². The van der Waals surface area contributed by atoms with Gasteiger partial charge in [-0.3, -0.25) is 0 Å². The van der Waals surface area contributed by atoms with Crippen molar-refractivity contribution < 1.29 is 0 Å². The molecule has 15 heteroatoms. The van der Waals surface area contributed by atoms with Crippen LogP contribution < -0.4 is 0 Å². The van der Waals surface area contributed by atoms with E-state index in [0.717, 1.165) is 144 Å². The van der Waals surface area contributed by atoms with Gasteiger partial charge in [-0.05, 0) is 115 Å². The monoisotopic (exact) mass is 1460 g/mol. The van der Waals surface area contributed by atoms with E-state index in [4.69, 9.17) is 59.8 Å². The van der Waals surface area contributed by atoms with Gasteiger partial charge in [-0.25, -0.2) is 64.7 Å². The Morgan fingerprint density at radius 2 is 0.395 bits per heavy atom. The fraction of sp³-hybridized carbons (Fsp3) is 0.0202. The predicted molar refractivity (Wildman–Crippen MR) is 455 cm³/mol. The van der Waals surface area contributed by atoms with Crippen LogP contribution in [-0.4, -0.2) is 68.9 Å². The molecule has 0 aliphatic carbocycles. The summed E-state index contributed by atoms with van der Waals surface area (Å²) in [7, 11) is 0. The van der Waals surface area contributed by atoms with E-state index in [1.807, 2.05) is 255 Å². The highest BCUT2D eigenvalue weighted by Gasteiger charge is 2.28. The van der Waals surface area contributed by atoms with Crippen LogP contribution in [0.15, 0.2) is 346 Å². The zero-order chi connectivity index (χ0) is 76.2. The number of hydrogen-bond acceptors (Lipinski definition) is 12. The zero-order valence-corrected chi connectivity index (χ0v) is 61.6. The summed E-state index contributed by atoms with van der Waals surface area (Å²) in [6, 6.07) is 117. The Morgan fingerprint density at radius 1 is 0.202 bits per heavy atom. The molecular formula is C99H63N15. The summed E-state index contributed by atoms with van der Waals surface area (Å²) in [6.07, 6.45) is 0. The van der Waals surface area contributed by atoms with Gasteiger partial charge in [0, 0.05) is 105 Å². The van der Waals surface area contributed by atoms with E-state index in [2.05, 4.69) is 119 Å². The number of aromatic nitrogens is 14. The number of aryl methyl sites for hydroxylation is 2. The van der Waals surface area contributed by atoms with E-state index in [0.29, 0.717) is 75.6 Å². The van der Waals surface area contributed by atoms with Gasteiger partial charge in [0.2, 0.25) is 0 Å². The Balaban J connectivity index is 0.866. The number of benzene rings is 14. The molecule has 0 bridgehead atoms. The first-order valence-electron chi connectivity index (χ1n) is 37.5. The molecule has 0 aliphatic heterocycles. The maximum Gasteiger partial charge on any atom is 0.191 e. The van der Waals surface area contributed by atoms with E-state index in [9.17, 15) is 6.57 Å². The van der Waals surface area contributed by atoms with Crippen molar-refractivity contribution >= 4 is 49.3 Å². The number of hydrogen-bond donors (Lipinski definition) is 0. The minimum atomic E-state index is 0.416. The maximum atomic E-state index is 9.26. The molecule has 20 aromatic rings. The summed E-state index contributed by atoms with van der Waals surface area (Å²) in [5, 5.41) is 3.56. The molecule has 14 aromatic carbocycles. The summed E-state index contributed by atoms with van der Waals surface area (Å²) in [5.41, 5.74) is 19.3. The lowest BCUT2D eigenvalue weighted by atomic mass is 9.92. The van der Waals surface area contributed by atoms with Gasteiger partial charge >= 0.3 is 0 Å². The molecule has 534 valence electrons. The molecule has 0 atom stereocenters. The largest absolute Gasteiger partial charge is 0.310 e. The van der Waals surface area contributed by atoms with Crippen molar-refractivity contribution in [1.29, 1.82) is 0 Å². The van der Waals surface area contributed by atoms with Gasteiger partial charge in [-0.2, -0.15) is 0 Å². The SMILES string of the molecule is [C-]#[N+]c1cc(-n2c3ccc(-c4nc(-c5ccccc5)nc(-c5ccccc5)n4)cc3c3cc(-c4nc(-c5ccccc5)nc(-c5ccccc5)n4)ccc32)c(-c2c(C)cccc2C)c(-n2c3ccc(-c4nc(-c5ccccc5)nc(-c5ccccc5)n4)cc3c3cc(-c4nc(-c5ccccc5)nc(-c5ccccc5)n4)ccc32)c1. The molecular weight excluding hydrogens is 1400 g/mol. The van der Waals surface area contributed by atoms with Crippen LogP contribution in [0.25, 0.3) is 208 Å². The van der Waals surface area contributed by atoms with Crippen molar-refractivity contribution in [2.24, 2.45) is 0 Å². The van der Waals surface area contributed by atoms with Crippen LogP contribution >= 0.6 is 0 Å². The van der Waals surface area contributed by atoms with Crippen LogP contribution in [0.2, 0.25) is 0 Å². The van der Waals surface area contributed by atoms with E-state index < -0.39 is 0 Å². The summed E-state index contributed by atoms with van der Waals surface area (Å²) >= 11 is 0. The molecule has 0 radical (unpaired) electrons. The summed E-state index contributed by atoms with van der Waals surface area (Å²) in [5.74, 6) is 6.34. The molecule has 0 saturated heterocycles. The minimum Gasteiger partial charge on any atom is -0.310 e. The fourth-order valence-corrected chi connectivity index (χ4v) is 15.4. The second-order valence-corrected chi connectivity index (χ2v) is 28.0. The molecule has 15 nitrogen and oxygen atoms in total. The highest BCUT2D eigenvalue weighted by atomic mass is 15.1. The number of rotatable bonds is 15. The molecule has 6 heterocycles. The molecule has 0 aliphatic rings. The van der Waals surface area contributed by atoms with Crippen molar-refractivity contribution in [1.82, 2.24) is 68.9 Å². The van der Waals surface area contributed by atoms with Gasteiger partial charge in [0.15, 0.2) is 75.6 Å². The number of nitrogens with zero attached hydrogens (tertiary/aromatic N) is 15. The first-order chi connectivity index (χ1) is 56.2. The molecule has 0 spiro atoms. The molecule has 0 unspecified atom stereocenters. The van der Waals surface area contributed by atoms with E-state index >= 15 is 0 Å². The van der Waals surface area contributed by atoms with Gasteiger partial charge in [-0.1, -0.05) is 261 Å². The average Bonchev–Trinajstić information content (AvgIpc) is 1.56. The zero-order valence-electron chi connectivity index (χ0n) is 61.6. The minimum absolute atomic E-state index is 0.416. The second-order valence-electron chi connectivity index (χ2n) is 28.0. The second kappa shape index (κ2) is 28.7. The third-order valence-electron chi connectivity index (χ3n) is 20.8. The Morgan fingerprint density at radius 3 is 0.588 bits per heavy atom. The van der Waals surface area contributed by atoms with Gasteiger partial charge in [0.05, 0.1) is 28.6 Å². The number of fused-ring (bicyclic) bond motifs is 6. The third-order valence-corrected chi connectivity index (χ3v) is 20.8. The van der Waals surface area contributed by atoms with Crippen molar-refractivity contribution in [3.63, 3.8) is 0 Å². The van der Waals surface area contributed by atoms with Gasteiger partial charge in [-0.15, -0.1) is 0 Å². The van der Waals surface area contributed by atoms with Crippen molar-refractivity contribution in [2.75, 3.05) is 0 Å². The molecule has 0 saturated carbocycles. The average molecular weight is 1460 g/mol. The standard InChI is InChI=1S/C99H63N15/c1-61-29-28-30-62(2)86(61)87-84(113-80-51-47-71(96-105-88(63-31-12-4-13-32-63)101-89(106-96)64-33-14-5-15-34-64)55-76(80)77-56-72(48-52-81(77)113)97-107-90(65-35-16-6-17-36-65)102-91(108-97)66-37-18-7-19-38-66)59-75(100-3)60-85(87)114-82-53-49-73(98-109-92(67-39-20-8-21-40-67)103-93(110-98)68-41-22-9-23-42-68)57-78(82)79-58-74(50-54-83(79)114)99-111-94(69-43-24-10-25-44-69)104-95(112-99)70-45-26-11-27-46-70/h4-60H,1-2H3. The molecule has 20 rings (SSSR count). The van der Waals surface area contributed by atoms with Crippen LogP contribution in [-0.2, 0) is 0 Å². The predicted octanol–water partition coefficient (Wildman–Crippen LogP) is 23.5. The van der Waals surface area contributed by atoms with Crippen LogP contribution in [0.3, 0.4) is 0 Å². The first-order valence-corrected chi connectivity index (χ1v) is 37.5. The van der Waals surface area contributed by atoms with Crippen molar-refractivity contribution in [2.45, 2.75) is 13.8 Å². The smallest absolute Gasteiger partial charge is 0.191 e. The highest BCUT2D eigenvalue weighted by molar-refractivity contribution is 6.15. The first kappa shape index (κ1) is 67.6. The van der Waals surface area contributed by atoms with Gasteiger partial charge in [0.1, 0.15) is 0 Å². The quantitative estimate of drug-likeness (QED) is 0.0892. The Hall–Kier alpha value is -15.8. The molecule has 6 aromatic heterocycles. The molecule has 114 heavy (non-hydrogen) atoms. The lowest BCUT2D eigenvalue weighted by Gasteiger charge is -2.23. The Kier molecular flexibility index (Phi) is 17.0. The summed E-state index contributed by atoms with van der Waals surface area (Å²) in [4.78, 5) is 67.0. The Bertz CT molecular complexity index is 6150. The van der Waals surface area contributed by atoms with Crippen LogP contribution in [0.4, 0.5) is 5.69 Å². The van der Waals surface area contributed by atoms with Crippen LogP contribution in [0.1, 0.15) is 11.1 Å². The summed E-state index contributed by atoms with van der Waals surface area (Å²) in [6.45, 7) is 13.6. The van der Waals surface area contributed by atoms with E-state index in [1.54, 1.807) is 0 Å². The van der Waals surface area contributed by atoms with E-state index in [-0.39, 0.29) is 0 Å². The van der Waals surface area contributed by atoms with E-state index in [1.165, 1.54) is 0 Å². The maximum absolute atomic E-state index is 9.26. The molecule has 0 amide bonds. The Labute approximate surface area is 655 Å². The van der Waals surface area contributed by atoms with Crippen molar-refractivity contribution in [3.8, 4) is 159 Å². The molecule has 0 fully saturated rings. The normalized spacial score (nSPS) is 11.4. The lowest BCUT2D eigenvalue weighted by Crippen LogP contribution is -2.06. The summed E-state index contributed by atoms with van der Waals surface area (Å²) < 4.78 is 4.64. The lowest BCUT2D eigenvalue weighted by molar-refractivity contribution is 1.07. The van der Waals surface area contributed by atoms with Crippen LogP contribution in [0, 0.1) is 20.4 Å². The highest BCUT2D eigenvalue weighted by Crippen LogP contribution is 2.48. The van der Waals surface area contributed by atoms with Gasteiger partial charge in [0.25, 0.3) is 0 Å². The topological polar surface area (TPSA) is 169 Å². The fourth-order valence-electron chi connectivity index (χ4n) is 15.4. The van der Waals surface area contributed by atoms with Gasteiger partial charge < -0.3 is 9.13 Å². The molecule has 0 N–H and O–H groups in total. The third kappa shape index (κ3) is 12.5. The van der Waals surface area contributed by atoms with Crippen LogP contribution in [0.5, 0.6) is 0 Å².